The van der Waals surface area contributed by atoms with Crippen molar-refractivity contribution in [1.29, 1.82) is 0 Å². The number of hydrogen-bond donors (Lipinski definition) is 0. The molecule has 0 bridgehead atoms. The summed E-state index contributed by atoms with van der Waals surface area (Å²) in [5.74, 6) is 0. The van der Waals surface area contributed by atoms with Gasteiger partial charge >= 0.3 is 0 Å². The van der Waals surface area contributed by atoms with Crippen molar-refractivity contribution < 1.29 is 0 Å². The lowest BCUT2D eigenvalue weighted by Crippen LogP contribution is -2.19. The highest BCUT2D eigenvalue weighted by Crippen LogP contribution is 1.88. The minimum Gasteiger partial charge on any atom is -0.381 e. The van der Waals surface area contributed by atoms with Crippen molar-refractivity contribution in [3.8, 4) is 0 Å². The lowest BCUT2D eigenvalue weighted by molar-refractivity contribution is 0.358. The Morgan fingerprint density at radius 1 is 1.20 bits per heavy atom. The van der Waals surface area contributed by atoms with E-state index in [1.807, 2.05) is 13.2 Å². The molecule has 0 aromatic heterocycles. The molecule has 0 saturated carbocycles. The van der Waals surface area contributed by atoms with Crippen molar-refractivity contribution >= 4 is 0 Å². The minimum absolute atomic E-state index is 1.10. The van der Waals surface area contributed by atoms with Crippen LogP contribution in [0.25, 0.3) is 0 Å². The molecule has 10 heavy (non-hydrogen) atoms. The van der Waals surface area contributed by atoms with Crippen LogP contribution in [0.2, 0.25) is 0 Å². The van der Waals surface area contributed by atoms with Gasteiger partial charge in [-0.1, -0.05) is 6.58 Å². The molecule has 0 radical (unpaired) electrons. The molecule has 0 rings (SSSR count). The van der Waals surface area contributed by atoms with Gasteiger partial charge in [0.1, 0.15) is 0 Å². The Hall–Kier alpha value is -0.500. The first-order valence-corrected chi connectivity index (χ1v) is 3.64. The van der Waals surface area contributed by atoms with Gasteiger partial charge in [0, 0.05) is 13.6 Å². The third-order valence-corrected chi connectivity index (χ3v) is 1.43. The predicted octanol–water partition coefficient (Wildman–Crippen LogP) is 1.01. The Labute approximate surface area is 64.1 Å². The SMILES string of the molecule is C=CN(C)CCCN(C)C. The van der Waals surface area contributed by atoms with E-state index in [1.54, 1.807) is 0 Å². The average molecular weight is 142 g/mol. The summed E-state index contributed by atoms with van der Waals surface area (Å²) < 4.78 is 0. The zero-order valence-corrected chi connectivity index (χ0v) is 7.30. The summed E-state index contributed by atoms with van der Waals surface area (Å²) >= 11 is 0. The van der Waals surface area contributed by atoms with Crippen molar-refractivity contribution in [2.24, 2.45) is 0 Å². The van der Waals surface area contributed by atoms with Crippen LogP contribution in [-0.2, 0) is 0 Å². The van der Waals surface area contributed by atoms with Crippen LogP contribution < -0.4 is 0 Å². The summed E-state index contributed by atoms with van der Waals surface area (Å²) in [6.45, 7) is 5.92. The monoisotopic (exact) mass is 142 g/mol. The highest BCUT2D eigenvalue weighted by atomic mass is 15.1. The molecule has 60 valence electrons. The molecule has 0 aromatic carbocycles. The van der Waals surface area contributed by atoms with E-state index in [0.717, 1.165) is 13.1 Å². The second kappa shape index (κ2) is 5.30. The third-order valence-electron chi connectivity index (χ3n) is 1.43. The molecule has 2 nitrogen and oxygen atoms in total. The molecule has 0 N–H and O–H groups in total. The molecule has 0 aromatic rings. The number of nitrogens with zero attached hydrogens (tertiary/aromatic N) is 2. The highest BCUT2D eigenvalue weighted by molar-refractivity contribution is 4.65. The van der Waals surface area contributed by atoms with Gasteiger partial charge < -0.3 is 9.80 Å². The van der Waals surface area contributed by atoms with Crippen LogP contribution >= 0.6 is 0 Å². The van der Waals surface area contributed by atoms with Crippen LogP contribution in [0, 0.1) is 0 Å². The van der Waals surface area contributed by atoms with E-state index in [-0.39, 0.29) is 0 Å². The molecule has 0 saturated heterocycles. The molecular formula is C8H18N2. The second-order valence-corrected chi connectivity index (χ2v) is 2.82. The van der Waals surface area contributed by atoms with E-state index >= 15 is 0 Å². The van der Waals surface area contributed by atoms with E-state index in [1.165, 1.54) is 6.42 Å². The highest BCUT2D eigenvalue weighted by Gasteiger charge is 1.91. The minimum atomic E-state index is 1.10. The Morgan fingerprint density at radius 3 is 2.20 bits per heavy atom. The topological polar surface area (TPSA) is 6.48 Å². The fourth-order valence-corrected chi connectivity index (χ4v) is 0.728. The smallest absolute Gasteiger partial charge is 0.0181 e. The summed E-state index contributed by atoms with van der Waals surface area (Å²) in [5.41, 5.74) is 0. The average Bonchev–Trinajstić information content (AvgIpc) is 1.87. The van der Waals surface area contributed by atoms with Gasteiger partial charge in [-0.05, 0) is 33.3 Å². The Bertz CT molecular complexity index is 89.3. The van der Waals surface area contributed by atoms with Crippen LogP contribution in [0.5, 0.6) is 0 Å². The molecule has 0 atom stereocenters. The van der Waals surface area contributed by atoms with Crippen LogP contribution in [0.3, 0.4) is 0 Å². The fraction of sp³-hybridized carbons (Fsp3) is 0.750. The molecule has 0 spiro atoms. The van der Waals surface area contributed by atoms with Gasteiger partial charge in [-0.2, -0.15) is 0 Å². The maximum Gasteiger partial charge on any atom is 0.0181 e. The molecule has 2 heteroatoms. The lowest BCUT2D eigenvalue weighted by Gasteiger charge is -2.14. The largest absolute Gasteiger partial charge is 0.381 e. The number of hydrogen-bond acceptors (Lipinski definition) is 2. The summed E-state index contributed by atoms with van der Waals surface area (Å²) in [4.78, 5) is 4.29. The third kappa shape index (κ3) is 5.63. The maximum absolute atomic E-state index is 3.67. The standard InChI is InChI=1S/C8H18N2/c1-5-10(4)8-6-7-9(2)3/h5H,1,6-8H2,2-4H3. The Morgan fingerprint density at radius 2 is 1.80 bits per heavy atom. The van der Waals surface area contributed by atoms with Crippen molar-refractivity contribution in [1.82, 2.24) is 9.80 Å². The van der Waals surface area contributed by atoms with Gasteiger partial charge in [0.25, 0.3) is 0 Å². The molecule has 0 fully saturated rings. The van der Waals surface area contributed by atoms with Crippen molar-refractivity contribution in [3.63, 3.8) is 0 Å². The summed E-state index contributed by atoms with van der Waals surface area (Å²) in [6.07, 6.45) is 3.06. The molecule has 0 heterocycles. The fourth-order valence-electron chi connectivity index (χ4n) is 0.728. The number of rotatable bonds is 5. The van der Waals surface area contributed by atoms with Gasteiger partial charge in [0.05, 0.1) is 0 Å². The predicted molar refractivity (Wildman–Crippen MR) is 46.0 cm³/mol. The first-order chi connectivity index (χ1) is 4.66. The first-order valence-electron chi connectivity index (χ1n) is 3.64. The molecule has 0 unspecified atom stereocenters. The summed E-state index contributed by atoms with van der Waals surface area (Å²) in [6, 6.07) is 0. The van der Waals surface area contributed by atoms with Crippen LogP contribution in [0.4, 0.5) is 0 Å². The molecule has 0 aliphatic rings. The van der Waals surface area contributed by atoms with Crippen molar-refractivity contribution in [3.05, 3.63) is 12.8 Å². The van der Waals surface area contributed by atoms with Gasteiger partial charge in [-0.15, -0.1) is 0 Å². The van der Waals surface area contributed by atoms with E-state index in [9.17, 15) is 0 Å². The van der Waals surface area contributed by atoms with E-state index in [0.29, 0.717) is 0 Å². The zero-order chi connectivity index (χ0) is 7.98. The second-order valence-electron chi connectivity index (χ2n) is 2.82. The Balaban J connectivity index is 3.11. The van der Waals surface area contributed by atoms with Gasteiger partial charge in [-0.3, -0.25) is 0 Å². The maximum atomic E-state index is 3.67. The summed E-state index contributed by atoms with van der Waals surface area (Å²) in [5, 5.41) is 0. The van der Waals surface area contributed by atoms with Crippen LogP contribution in [0.1, 0.15) is 6.42 Å². The van der Waals surface area contributed by atoms with Crippen molar-refractivity contribution in [2.45, 2.75) is 6.42 Å². The van der Waals surface area contributed by atoms with E-state index < -0.39 is 0 Å². The molecule has 0 aliphatic heterocycles. The van der Waals surface area contributed by atoms with E-state index in [4.69, 9.17) is 0 Å². The molecule has 0 aliphatic carbocycles. The quantitative estimate of drug-likeness (QED) is 0.565. The van der Waals surface area contributed by atoms with Gasteiger partial charge in [0.15, 0.2) is 0 Å². The van der Waals surface area contributed by atoms with Crippen molar-refractivity contribution in [2.75, 3.05) is 34.2 Å². The van der Waals surface area contributed by atoms with Crippen LogP contribution in [-0.4, -0.2) is 44.0 Å². The van der Waals surface area contributed by atoms with Gasteiger partial charge in [0.2, 0.25) is 0 Å². The van der Waals surface area contributed by atoms with Gasteiger partial charge in [-0.25, -0.2) is 0 Å². The normalized spacial score (nSPS) is 10.0. The molecular weight excluding hydrogens is 124 g/mol. The summed E-state index contributed by atoms with van der Waals surface area (Å²) in [7, 11) is 6.23. The Kier molecular flexibility index (Phi) is 5.03. The molecule has 0 amide bonds. The first kappa shape index (κ1) is 9.50. The zero-order valence-electron chi connectivity index (χ0n) is 7.30. The van der Waals surface area contributed by atoms with Crippen LogP contribution in [0.15, 0.2) is 12.8 Å². The van der Waals surface area contributed by atoms with E-state index in [2.05, 4.69) is 30.5 Å². The lowest BCUT2D eigenvalue weighted by atomic mass is 10.4.